The van der Waals surface area contributed by atoms with Crippen molar-refractivity contribution in [3.63, 3.8) is 0 Å². The number of amides is 2. The van der Waals surface area contributed by atoms with Crippen molar-refractivity contribution in [2.75, 3.05) is 12.1 Å². The summed E-state index contributed by atoms with van der Waals surface area (Å²) in [6.45, 7) is 4.31. The summed E-state index contributed by atoms with van der Waals surface area (Å²) in [5, 5.41) is 14.0. The van der Waals surface area contributed by atoms with Crippen molar-refractivity contribution in [3.05, 3.63) is 35.5 Å². The van der Waals surface area contributed by atoms with Crippen LogP contribution in [-0.4, -0.2) is 34.4 Å². The SMILES string of the molecule is CC(C)C1CC(=O)NC(n2nc(C3CC3)cc2NC(=O)c2ccc3c(c2)OCO3)N1. The van der Waals surface area contributed by atoms with Gasteiger partial charge in [0.05, 0.1) is 5.69 Å². The summed E-state index contributed by atoms with van der Waals surface area (Å²) in [5.74, 6) is 2.11. The van der Waals surface area contributed by atoms with E-state index in [9.17, 15) is 9.59 Å². The summed E-state index contributed by atoms with van der Waals surface area (Å²) < 4.78 is 12.4. The van der Waals surface area contributed by atoms with E-state index in [-0.39, 0.29) is 24.6 Å². The van der Waals surface area contributed by atoms with Crippen LogP contribution in [0.25, 0.3) is 0 Å². The molecule has 2 aromatic rings. The third-order valence-electron chi connectivity index (χ3n) is 5.75. The van der Waals surface area contributed by atoms with Crippen molar-refractivity contribution < 1.29 is 19.1 Å². The third kappa shape index (κ3) is 3.60. The molecule has 1 saturated carbocycles. The summed E-state index contributed by atoms with van der Waals surface area (Å²) >= 11 is 0. The Morgan fingerprint density at radius 2 is 2.03 bits per heavy atom. The van der Waals surface area contributed by atoms with Crippen LogP contribution in [0, 0.1) is 5.92 Å². The molecule has 1 saturated heterocycles. The molecule has 0 bridgehead atoms. The van der Waals surface area contributed by atoms with Crippen LogP contribution in [0.15, 0.2) is 24.3 Å². The van der Waals surface area contributed by atoms with Crippen molar-refractivity contribution in [3.8, 4) is 11.5 Å². The summed E-state index contributed by atoms with van der Waals surface area (Å²) in [6.07, 6.45) is 2.08. The molecule has 2 unspecified atom stereocenters. The second kappa shape index (κ2) is 7.32. The van der Waals surface area contributed by atoms with Crippen molar-refractivity contribution >= 4 is 17.6 Å². The largest absolute Gasteiger partial charge is 0.454 e. The van der Waals surface area contributed by atoms with Gasteiger partial charge in [0, 0.05) is 30.0 Å². The van der Waals surface area contributed by atoms with Crippen molar-refractivity contribution in [1.82, 2.24) is 20.4 Å². The maximum Gasteiger partial charge on any atom is 0.256 e. The minimum Gasteiger partial charge on any atom is -0.454 e. The van der Waals surface area contributed by atoms with Gasteiger partial charge in [0.2, 0.25) is 12.7 Å². The maximum atomic E-state index is 12.9. The van der Waals surface area contributed by atoms with Crippen LogP contribution in [0.5, 0.6) is 11.5 Å². The van der Waals surface area contributed by atoms with Crippen molar-refractivity contribution in [2.24, 2.45) is 5.92 Å². The maximum absolute atomic E-state index is 12.9. The fourth-order valence-corrected chi connectivity index (χ4v) is 3.78. The first-order valence-electron chi connectivity index (χ1n) is 10.3. The average Bonchev–Trinajstić information content (AvgIpc) is 3.31. The molecule has 0 spiro atoms. The Hall–Kier alpha value is -3.07. The van der Waals surface area contributed by atoms with Gasteiger partial charge in [-0.2, -0.15) is 5.10 Å². The van der Waals surface area contributed by atoms with Crippen molar-refractivity contribution in [2.45, 2.75) is 51.4 Å². The fraction of sp³-hybridized carbons (Fsp3) is 0.476. The molecule has 158 valence electrons. The van der Waals surface area contributed by atoms with Gasteiger partial charge >= 0.3 is 0 Å². The second-order valence-electron chi connectivity index (χ2n) is 8.39. The Bertz CT molecular complexity index is 997. The van der Waals surface area contributed by atoms with Crippen LogP contribution in [-0.2, 0) is 4.79 Å². The van der Waals surface area contributed by atoms with Crippen LogP contribution >= 0.6 is 0 Å². The Balaban J connectivity index is 1.42. The minimum absolute atomic E-state index is 0.0334. The number of fused-ring (bicyclic) bond motifs is 1. The number of nitrogens with one attached hydrogen (secondary N) is 3. The van der Waals surface area contributed by atoms with Crippen molar-refractivity contribution in [1.29, 1.82) is 0 Å². The zero-order valence-electron chi connectivity index (χ0n) is 17.0. The summed E-state index contributed by atoms with van der Waals surface area (Å²) in [5.41, 5.74) is 1.39. The number of benzene rings is 1. The monoisotopic (exact) mass is 411 g/mol. The summed E-state index contributed by atoms with van der Waals surface area (Å²) in [4.78, 5) is 25.2. The lowest BCUT2D eigenvalue weighted by molar-refractivity contribution is -0.126. The highest BCUT2D eigenvalue weighted by Gasteiger charge is 2.33. The van der Waals surface area contributed by atoms with Gasteiger partial charge in [-0.3, -0.25) is 14.9 Å². The molecule has 3 N–H and O–H groups in total. The van der Waals surface area contributed by atoms with Gasteiger partial charge in [-0.1, -0.05) is 13.8 Å². The average molecular weight is 411 g/mol. The molecule has 3 heterocycles. The molecule has 1 aromatic heterocycles. The van der Waals surface area contributed by atoms with Gasteiger partial charge < -0.3 is 20.1 Å². The first-order chi connectivity index (χ1) is 14.5. The Morgan fingerprint density at radius 3 is 2.80 bits per heavy atom. The van der Waals surface area contributed by atoms with E-state index in [0.29, 0.717) is 41.1 Å². The van der Waals surface area contributed by atoms with E-state index >= 15 is 0 Å². The van der Waals surface area contributed by atoms with E-state index < -0.39 is 6.29 Å². The third-order valence-corrected chi connectivity index (χ3v) is 5.75. The Labute approximate surface area is 174 Å². The van der Waals surface area contributed by atoms with Crippen LogP contribution in [0.1, 0.15) is 61.4 Å². The van der Waals surface area contributed by atoms with E-state index in [1.807, 2.05) is 6.07 Å². The normalized spacial score (nSPS) is 22.8. The zero-order valence-corrected chi connectivity index (χ0v) is 17.0. The smallest absolute Gasteiger partial charge is 0.256 e. The number of rotatable bonds is 5. The molecule has 2 aliphatic heterocycles. The number of hydrogen-bond acceptors (Lipinski definition) is 6. The molecule has 9 heteroatoms. The molecule has 3 aliphatic rings. The van der Waals surface area contributed by atoms with Gasteiger partial charge in [0.15, 0.2) is 17.8 Å². The van der Waals surface area contributed by atoms with Gasteiger partial charge in [0.25, 0.3) is 5.91 Å². The first kappa shape index (κ1) is 18.9. The number of carbonyl (C=O) groups is 2. The van der Waals surface area contributed by atoms with Gasteiger partial charge in [-0.15, -0.1) is 0 Å². The lowest BCUT2D eigenvalue weighted by atomic mass is 9.99. The zero-order chi connectivity index (χ0) is 20.8. The fourth-order valence-electron chi connectivity index (χ4n) is 3.78. The number of hydrogen-bond donors (Lipinski definition) is 3. The number of anilines is 1. The highest BCUT2D eigenvalue weighted by Crippen LogP contribution is 2.40. The van der Waals surface area contributed by atoms with Crippen LogP contribution in [0.4, 0.5) is 5.82 Å². The van der Waals surface area contributed by atoms with Crippen LogP contribution < -0.4 is 25.4 Å². The lowest BCUT2D eigenvalue weighted by Crippen LogP contribution is -2.55. The molecule has 9 nitrogen and oxygen atoms in total. The molecule has 2 amide bonds. The number of ether oxygens (including phenoxy) is 2. The standard InChI is InChI=1S/C21H25N5O4/c1-11(2)14-9-19(27)24-21(22-14)26-18(8-15(25-26)12-3-4-12)23-20(28)13-5-6-16-17(7-13)30-10-29-16/h5-8,11-12,14,21-22H,3-4,9-10H2,1-2H3,(H,23,28)(H,24,27). The molecule has 30 heavy (non-hydrogen) atoms. The van der Waals surface area contributed by atoms with E-state index in [1.165, 1.54) is 0 Å². The van der Waals surface area contributed by atoms with Crippen LogP contribution in [0.2, 0.25) is 0 Å². The molecule has 1 aromatic carbocycles. The predicted octanol–water partition coefficient (Wildman–Crippen LogP) is 2.33. The highest BCUT2D eigenvalue weighted by atomic mass is 16.7. The second-order valence-corrected chi connectivity index (χ2v) is 8.39. The van der Waals surface area contributed by atoms with Gasteiger partial charge in [-0.25, -0.2) is 4.68 Å². The Kier molecular flexibility index (Phi) is 4.62. The van der Waals surface area contributed by atoms with Gasteiger partial charge in [-0.05, 0) is 37.0 Å². The van der Waals surface area contributed by atoms with E-state index in [4.69, 9.17) is 14.6 Å². The van der Waals surface area contributed by atoms with E-state index in [1.54, 1.807) is 22.9 Å². The van der Waals surface area contributed by atoms with Crippen LogP contribution in [0.3, 0.4) is 0 Å². The number of nitrogens with zero attached hydrogens (tertiary/aromatic N) is 2. The minimum atomic E-state index is -0.516. The van der Waals surface area contributed by atoms with E-state index in [2.05, 4.69) is 29.8 Å². The van der Waals surface area contributed by atoms with E-state index in [0.717, 1.165) is 18.5 Å². The number of aromatic nitrogens is 2. The molecule has 1 aliphatic carbocycles. The topological polar surface area (TPSA) is 107 Å². The molecule has 2 fully saturated rings. The molecular weight excluding hydrogens is 386 g/mol. The lowest BCUT2D eigenvalue weighted by Gasteiger charge is -2.34. The van der Waals surface area contributed by atoms with Gasteiger partial charge in [0.1, 0.15) is 5.82 Å². The predicted molar refractivity (Wildman–Crippen MR) is 108 cm³/mol. The molecule has 0 radical (unpaired) electrons. The first-order valence-corrected chi connectivity index (χ1v) is 10.3. The summed E-state index contributed by atoms with van der Waals surface area (Å²) in [6, 6.07) is 7.02. The number of carbonyl (C=O) groups excluding carboxylic acids is 2. The Morgan fingerprint density at radius 1 is 1.23 bits per heavy atom. The highest BCUT2D eigenvalue weighted by molar-refractivity contribution is 6.04. The quantitative estimate of drug-likeness (QED) is 0.697. The summed E-state index contributed by atoms with van der Waals surface area (Å²) in [7, 11) is 0. The molecule has 5 rings (SSSR count). The molecule has 2 atom stereocenters. The molecular formula is C21H25N5O4.